The van der Waals surface area contributed by atoms with Crippen molar-refractivity contribution < 1.29 is 23.4 Å². The van der Waals surface area contributed by atoms with Crippen molar-refractivity contribution >= 4 is 36.0 Å². The topological polar surface area (TPSA) is 89.6 Å². The second kappa shape index (κ2) is 10.5. The Balaban J connectivity index is 0.00000320. The molecule has 0 unspecified atom stereocenters. The first-order valence-corrected chi connectivity index (χ1v) is 9.77. The van der Waals surface area contributed by atoms with Gasteiger partial charge in [-0.1, -0.05) is 0 Å². The van der Waals surface area contributed by atoms with E-state index in [9.17, 15) is 9.18 Å². The summed E-state index contributed by atoms with van der Waals surface area (Å²) in [5.74, 6) is 0.781. The average Bonchev–Trinajstić information content (AvgIpc) is 2.66. The van der Waals surface area contributed by atoms with Gasteiger partial charge in [0.05, 0.1) is 6.61 Å². The maximum atomic E-state index is 13.8. The number of nitrogens with two attached hydrogens (primary N) is 1. The third-order valence-corrected chi connectivity index (χ3v) is 4.66. The lowest BCUT2D eigenvalue weighted by atomic mass is 10.1. The molecule has 30 heavy (non-hydrogen) atoms. The molecule has 0 atom stereocenters. The zero-order valence-corrected chi connectivity index (χ0v) is 20.0. The van der Waals surface area contributed by atoms with E-state index < -0.39 is 5.60 Å². The maximum absolute atomic E-state index is 13.8. The molecule has 2 heterocycles. The Labute approximate surface area is 193 Å². The molecular weight excluding hydrogens is 506 g/mol. The summed E-state index contributed by atoms with van der Waals surface area (Å²) in [6.07, 6.45) is 0.200. The first kappa shape index (κ1) is 24.4. The number of rotatable bonds is 3. The fourth-order valence-electron chi connectivity index (χ4n) is 3.28. The number of fused-ring (bicyclic) bond motifs is 1. The van der Waals surface area contributed by atoms with E-state index in [0.29, 0.717) is 63.0 Å². The Morgan fingerprint density at radius 1 is 1.23 bits per heavy atom. The van der Waals surface area contributed by atoms with Gasteiger partial charge < -0.3 is 29.7 Å². The number of carbonyl (C=O) groups excluding carboxylic acids is 1. The van der Waals surface area contributed by atoms with E-state index in [1.54, 1.807) is 4.90 Å². The van der Waals surface area contributed by atoms with E-state index in [2.05, 4.69) is 4.99 Å². The summed E-state index contributed by atoms with van der Waals surface area (Å²) in [5.41, 5.74) is 7.07. The fraction of sp³-hybridized carbons (Fsp3) is 0.600. The van der Waals surface area contributed by atoms with Crippen LogP contribution in [0, 0.1) is 5.82 Å². The number of carbonyl (C=O) groups is 1. The second-order valence-electron chi connectivity index (χ2n) is 8.11. The van der Waals surface area contributed by atoms with Crippen LogP contribution < -0.4 is 10.5 Å². The quantitative estimate of drug-likeness (QED) is 0.363. The van der Waals surface area contributed by atoms with Gasteiger partial charge in [-0.2, -0.15) is 0 Å². The lowest BCUT2D eigenvalue weighted by Crippen LogP contribution is -2.53. The van der Waals surface area contributed by atoms with Crippen LogP contribution in [0.4, 0.5) is 9.18 Å². The molecule has 0 aliphatic carbocycles. The molecule has 0 spiro atoms. The number of amides is 1. The predicted molar refractivity (Wildman–Crippen MR) is 122 cm³/mol. The van der Waals surface area contributed by atoms with Gasteiger partial charge in [0.15, 0.2) is 12.8 Å². The highest BCUT2D eigenvalue weighted by Crippen LogP contribution is 2.29. The van der Waals surface area contributed by atoms with Crippen LogP contribution in [0.15, 0.2) is 17.1 Å². The Morgan fingerprint density at radius 3 is 2.57 bits per heavy atom. The summed E-state index contributed by atoms with van der Waals surface area (Å²) in [4.78, 5) is 20.2. The van der Waals surface area contributed by atoms with Gasteiger partial charge in [0.25, 0.3) is 0 Å². The van der Waals surface area contributed by atoms with Crippen LogP contribution in [0.3, 0.4) is 0 Å². The second-order valence-corrected chi connectivity index (χ2v) is 8.11. The fourth-order valence-corrected chi connectivity index (χ4v) is 3.28. The lowest BCUT2D eigenvalue weighted by Gasteiger charge is -2.36. The van der Waals surface area contributed by atoms with Crippen molar-refractivity contribution in [2.24, 2.45) is 10.7 Å². The number of benzene rings is 1. The van der Waals surface area contributed by atoms with E-state index in [-0.39, 0.29) is 42.7 Å². The van der Waals surface area contributed by atoms with Crippen LogP contribution >= 0.6 is 24.0 Å². The summed E-state index contributed by atoms with van der Waals surface area (Å²) in [7, 11) is 0. The summed E-state index contributed by atoms with van der Waals surface area (Å²) >= 11 is 0. The van der Waals surface area contributed by atoms with Gasteiger partial charge in [-0.3, -0.25) is 4.99 Å². The Hall–Kier alpha value is -1.82. The largest absolute Gasteiger partial charge is 0.467 e. The van der Waals surface area contributed by atoms with E-state index in [4.69, 9.17) is 19.9 Å². The van der Waals surface area contributed by atoms with E-state index in [1.165, 1.54) is 12.1 Å². The number of aliphatic imine (C=N–C) groups is 1. The third kappa shape index (κ3) is 6.59. The van der Waals surface area contributed by atoms with Crippen LogP contribution in [-0.2, 0) is 22.5 Å². The highest BCUT2D eigenvalue weighted by molar-refractivity contribution is 14.0. The van der Waals surface area contributed by atoms with Crippen molar-refractivity contribution in [3.05, 3.63) is 29.1 Å². The first-order chi connectivity index (χ1) is 13.7. The highest BCUT2D eigenvalue weighted by Gasteiger charge is 2.26. The van der Waals surface area contributed by atoms with Crippen LogP contribution in [0.5, 0.6) is 5.75 Å². The van der Waals surface area contributed by atoms with Gasteiger partial charge in [-0.25, -0.2) is 9.18 Å². The number of guanidine groups is 1. The van der Waals surface area contributed by atoms with Gasteiger partial charge in [-0.15, -0.1) is 24.0 Å². The summed E-state index contributed by atoms with van der Waals surface area (Å²) in [6, 6.07) is 2.90. The molecule has 2 aliphatic rings. The van der Waals surface area contributed by atoms with Gasteiger partial charge in [0.1, 0.15) is 17.2 Å². The number of hydrogen-bond donors (Lipinski definition) is 1. The monoisotopic (exact) mass is 536 g/mol. The molecule has 2 N–H and O–H groups in total. The molecule has 1 fully saturated rings. The average molecular weight is 536 g/mol. The number of nitrogens with zero attached hydrogens (tertiary/aromatic N) is 3. The van der Waals surface area contributed by atoms with Crippen molar-refractivity contribution in [1.82, 2.24) is 9.80 Å². The molecule has 0 bridgehead atoms. The van der Waals surface area contributed by atoms with E-state index >= 15 is 0 Å². The molecule has 1 aromatic carbocycles. The number of piperazine rings is 1. The minimum atomic E-state index is -0.513. The Kier molecular flexibility index (Phi) is 8.53. The Morgan fingerprint density at radius 2 is 1.90 bits per heavy atom. The number of hydrogen-bond acceptors (Lipinski definition) is 5. The molecule has 2 aliphatic heterocycles. The molecule has 1 aromatic rings. The molecule has 168 valence electrons. The van der Waals surface area contributed by atoms with Crippen molar-refractivity contribution in [3.8, 4) is 5.75 Å². The molecule has 1 saturated heterocycles. The minimum Gasteiger partial charge on any atom is -0.467 e. The molecular formula is C20H30FIN4O4. The molecule has 0 radical (unpaired) electrons. The van der Waals surface area contributed by atoms with Crippen LogP contribution in [0.25, 0.3) is 0 Å². The number of halogens is 2. The molecule has 0 aromatic heterocycles. The van der Waals surface area contributed by atoms with Gasteiger partial charge in [0.2, 0.25) is 0 Å². The molecule has 8 nitrogen and oxygen atoms in total. The molecule has 1 amide bonds. The van der Waals surface area contributed by atoms with Crippen molar-refractivity contribution in [2.75, 3.05) is 39.5 Å². The minimum absolute atomic E-state index is 0. The van der Waals surface area contributed by atoms with Gasteiger partial charge in [0, 0.05) is 38.3 Å². The van der Waals surface area contributed by atoms with Gasteiger partial charge >= 0.3 is 6.09 Å². The summed E-state index contributed by atoms with van der Waals surface area (Å²) < 4.78 is 29.9. The SMILES string of the molecule is CC(C)(C)OC(=O)N1CCN(C(N)=NCCc2cc(F)cc3c2OCOC3)CC1.I. The molecule has 0 saturated carbocycles. The zero-order valence-electron chi connectivity index (χ0n) is 17.6. The molecule has 10 heteroatoms. The van der Waals surface area contributed by atoms with Crippen molar-refractivity contribution in [1.29, 1.82) is 0 Å². The van der Waals surface area contributed by atoms with Crippen LogP contribution in [-0.4, -0.2) is 67.0 Å². The zero-order chi connectivity index (χ0) is 21.0. The lowest BCUT2D eigenvalue weighted by molar-refractivity contribution is -0.0172. The van der Waals surface area contributed by atoms with Crippen LogP contribution in [0.2, 0.25) is 0 Å². The van der Waals surface area contributed by atoms with Crippen molar-refractivity contribution in [3.63, 3.8) is 0 Å². The number of ether oxygens (including phenoxy) is 3. The normalized spacial score (nSPS) is 17.0. The highest BCUT2D eigenvalue weighted by atomic mass is 127. The van der Waals surface area contributed by atoms with Gasteiger partial charge in [-0.05, 0) is 44.9 Å². The smallest absolute Gasteiger partial charge is 0.410 e. The van der Waals surface area contributed by atoms with E-state index in [1.807, 2.05) is 25.7 Å². The predicted octanol–water partition coefficient (Wildman–Crippen LogP) is 2.72. The van der Waals surface area contributed by atoms with E-state index in [0.717, 1.165) is 5.56 Å². The maximum Gasteiger partial charge on any atom is 0.410 e. The summed E-state index contributed by atoms with van der Waals surface area (Å²) in [5, 5.41) is 0. The van der Waals surface area contributed by atoms with Crippen molar-refractivity contribution in [2.45, 2.75) is 39.4 Å². The van der Waals surface area contributed by atoms with Crippen LogP contribution in [0.1, 0.15) is 31.9 Å². The molecule has 3 rings (SSSR count). The third-order valence-electron chi connectivity index (χ3n) is 4.66. The summed E-state index contributed by atoms with van der Waals surface area (Å²) in [6.45, 7) is 8.69. The Bertz CT molecular complexity index is 777. The standard InChI is InChI=1S/C20H29FN4O4.HI/c1-20(2,3)29-19(26)25-8-6-24(7-9-25)18(22)23-5-4-14-10-16(21)11-15-12-27-13-28-17(14)15;/h10-11H,4-9,12-13H2,1-3H3,(H2,22,23);1H. The first-order valence-electron chi connectivity index (χ1n) is 9.77.